The van der Waals surface area contributed by atoms with E-state index in [0.29, 0.717) is 30.1 Å². The first kappa shape index (κ1) is 34.5. The van der Waals surface area contributed by atoms with Crippen LogP contribution in [-0.4, -0.2) is 20.9 Å². The molecule has 0 amide bonds. The molecule has 4 aliphatic heterocycles. The molecule has 52 heavy (non-hydrogen) atoms. The lowest BCUT2D eigenvalue weighted by Gasteiger charge is -2.75. The Labute approximate surface area is 333 Å². The first-order valence-electron chi connectivity index (χ1n) is 17.0. The van der Waals surface area contributed by atoms with Gasteiger partial charge in [0.1, 0.15) is 12.3 Å². The molecule has 6 atom stereocenters. The van der Waals surface area contributed by atoms with E-state index in [0.717, 1.165) is 33.5 Å². The molecule has 0 saturated carbocycles. The van der Waals surface area contributed by atoms with Crippen molar-refractivity contribution in [3.8, 4) is 0 Å². The summed E-state index contributed by atoms with van der Waals surface area (Å²) in [5.41, 5.74) is 5.55. The van der Waals surface area contributed by atoms with Gasteiger partial charge in [0.05, 0.1) is 35.0 Å². The molecule has 0 aliphatic carbocycles. The molecular weight excluding hydrogens is 773 g/mol. The van der Waals surface area contributed by atoms with Gasteiger partial charge in [-0.05, 0) is 53.6 Å². The van der Waals surface area contributed by atoms with E-state index in [1.165, 1.54) is 0 Å². The fraction of sp³-hybridized carbons (Fsp3) is 0.143. The summed E-state index contributed by atoms with van der Waals surface area (Å²) in [7, 11) is 0. The zero-order chi connectivity index (χ0) is 35.7. The Balaban J connectivity index is 1.47. The van der Waals surface area contributed by atoms with Crippen LogP contribution in [0.3, 0.4) is 0 Å². The van der Waals surface area contributed by atoms with Crippen molar-refractivity contribution in [2.75, 3.05) is 5.01 Å². The average Bonchev–Trinajstić information content (AvgIpc) is 3.15. The van der Waals surface area contributed by atoms with Crippen molar-refractivity contribution in [1.29, 1.82) is 0 Å². The third-order valence-corrected chi connectivity index (χ3v) is 12.6. The molecule has 4 aliphatic rings. The number of hydrogen-bond acceptors (Lipinski definition) is 4. The minimum atomic E-state index is -0.450. The first-order chi connectivity index (χ1) is 25.4. The number of para-hydroxylation sites is 1. The van der Waals surface area contributed by atoms with Gasteiger partial charge >= 0.3 is 0 Å². The van der Waals surface area contributed by atoms with E-state index >= 15 is 0 Å². The Morgan fingerprint density at radius 2 is 0.635 bits per heavy atom. The van der Waals surface area contributed by atoms with Crippen LogP contribution in [0.1, 0.15) is 58.4 Å². The Bertz CT molecular complexity index is 1860. The maximum Gasteiger partial charge on any atom is 0.112 e. The maximum atomic E-state index is 7.27. The van der Waals surface area contributed by atoms with Crippen LogP contribution < -0.4 is 5.01 Å². The van der Waals surface area contributed by atoms with E-state index in [9.17, 15) is 0 Å². The molecule has 4 heterocycles. The normalized spacial score (nSPS) is 27.6. The summed E-state index contributed by atoms with van der Waals surface area (Å²) in [5, 5.41) is 8.57. The minimum absolute atomic E-state index is 0.309. The molecule has 260 valence electrons. The topological polar surface area (TPSA) is 13.0 Å². The number of halogens is 6. The van der Waals surface area contributed by atoms with Crippen LogP contribution in [0.5, 0.6) is 0 Å². The summed E-state index contributed by atoms with van der Waals surface area (Å²) >= 11 is 43.6. The quantitative estimate of drug-likeness (QED) is 0.166. The summed E-state index contributed by atoms with van der Waals surface area (Å²) in [4.78, 5) is 5.03. The first-order valence-corrected chi connectivity index (χ1v) is 19.2. The van der Waals surface area contributed by atoms with Gasteiger partial charge < -0.3 is 0 Å². The van der Waals surface area contributed by atoms with Gasteiger partial charge in [-0.25, -0.2) is 0 Å². The highest BCUT2D eigenvalue weighted by Crippen LogP contribution is 2.68. The molecular formula is C42H30Cl6N4. The summed E-state index contributed by atoms with van der Waals surface area (Å²) in [6, 6.07) is 47.3. The lowest BCUT2D eigenvalue weighted by molar-refractivity contribution is -0.298. The van der Waals surface area contributed by atoms with E-state index in [1.54, 1.807) is 0 Å². The summed E-state index contributed by atoms with van der Waals surface area (Å²) in [6.07, 6.45) is -1.30. The molecule has 0 spiro atoms. The van der Waals surface area contributed by atoms with Crippen molar-refractivity contribution >= 4 is 75.3 Å². The molecule has 6 aromatic carbocycles. The molecule has 10 rings (SSSR count). The van der Waals surface area contributed by atoms with E-state index in [2.05, 4.69) is 56.2 Å². The Kier molecular flexibility index (Phi) is 9.20. The molecule has 6 unspecified atom stereocenters. The van der Waals surface area contributed by atoms with Crippen molar-refractivity contribution in [3.05, 3.63) is 204 Å². The zero-order valence-electron chi connectivity index (χ0n) is 27.4. The van der Waals surface area contributed by atoms with Gasteiger partial charge in [-0.2, -0.15) is 5.01 Å². The van der Waals surface area contributed by atoms with Crippen LogP contribution >= 0.6 is 69.6 Å². The second-order valence-electron chi connectivity index (χ2n) is 13.2. The van der Waals surface area contributed by atoms with E-state index in [-0.39, 0.29) is 18.1 Å². The van der Waals surface area contributed by atoms with Gasteiger partial charge in [0.15, 0.2) is 0 Å². The van der Waals surface area contributed by atoms with E-state index in [4.69, 9.17) is 69.6 Å². The van der Waals surface area contributed by atoms with Gasteiger partial charge in [0, 0.05) is 41.8 Å². The minimum Gasteiger partial charge on any atom is -0.294 e. The van der Waals surface area contributed by atoms with Gasteiger partial charge in [-0.3, -0.25) is 14.8 Å². The monoisotopic (exact) mass is 800 g/mol. The summed E-state index contributed by atoms with van der Waals surface area (Å²) in [6.45, 7) is 0. The SMILES string of the molecule is Clc1ccccc1C1C2C(c3ccccc3Cl)N3C(c4ccccc4Cl)N1C(c1ccccc1Cl)N(C3c1ccccc1Cl)N2c1ccccc1Cl. The van der Waals surface area contributed by atoms with Crippen molar-refractivity contribution < 1.29 is 0 Å². The number of benzene rings is 6. The molecule has 4 fully saturated rings. The number of nitrogens with zero attached hydrogens (tertiary/aromatic N) is 4. The maximum absolute atomic E-state index is 7.27. The van der Waals surface area contributed by atoms with Crippen molar-refractivity contribution in [2.45, 2.75) is 36.6 Å². The fourth-order valence-corrected chi connectivity index (χ4v) is 10.1. The standard InChI is InChI=1S/C42H30Cl6N4/c43-30-18-6-1-13-25(30)37-39-38(26-14-2-7-19-31(26)44)50-40(27-15-3-8-20-32(27)45)49(37)41(28-16-4-9-21-33(28)46)52(42(50)29-17-5-10-22-34(29)47)51(39)36-24-12-11-23-35(36)48/h1-24,37-42H. The van der Waals surface area contributed by atoms with Crippen LogP contribution in [0.2, 0.25) is 30.1 Å². The smallest absolute Gasteiger partial charge is 0.112 e. The van der Waals surface area contributed by atoms with Gasteiger partial charge in [-0.1, -0.05) is 173 Å². The average molecular weight is 803 g/mol. The fourth-order valence-electron chi connectivity index (χ4n) is 8.64. The highest BCUT2D eigenvalue weighted by Gasteiger charge is 2.68. The number of anilines is 1. The molecule has 4 saturated heterocycles. The second kappa shape index (κ2) is 13.9. The highest BCUT2D eigenvalue weighted by molar-refractivity contribution is 6.34. The van der Waals surface area contributed by atoms with Gasteiger partial charge in [-0.15, -0.1) is 0 Å². The third kappa shape index (κ3) is 5.39. The predicted octanol–water partition coefficient (Wildman–Crippen LogP) is 13.2. The van der Waals surface area contributed by atoms with Gasteiger partial charge in [0.2, 0.25) is 0 Å². The van der Waals surface area contributed by atoms with Crippen molar-refractivity contribution in [1.82, 2.24) is 14.8 Å². The van der Waals surface area contributed by atoms with Crippen LogP contribution in [0.15, 0.2) is 146 Å². The Morgan fingerprint density at radius 3 is 1.00 bits per heavy atom. The lowest BCUT2D eigenvalue weighted by atomic mass is 9.77. The predicted molar refractivity (Wildman–Crippen MR) is 214 cm³/mol. The van der Waals surface area contributed by atoms with Crippen molar-refractivity contribution in [3.63, 3.8) is 0 Å². The number of hydrazine groups is 1. The largest absolute Gasteiger partial charge is 0.294 e. The Hall–Kier alpha value is -3.26. The molecule has 0 N–H and O–H groups in total. The van der Waals surface area contributed by atoms with Crippen LogP contribution in [0.25, 0.3) is 0 Å². The second-order valence-corrected chi connectivity index (χ2v) is 15.6. The van der Waals surface area contributed by atoms with Crippen LogP contribution in [-0.2, 0) is 0 Å². The summed E-state index contributed by atoms with van der Waals surface area (Å²) in [5.74, 6) is 0. The summed E-state index contributed by atoms with van der Waals surface area (Å²) < 4.78 is 0. The van der Waals surface area contributed by atoms with Crippen LogP contribution in [0, 0.1) is 0 Å². The molecule has 6 aromatic rings. The van der Waals surface area contributed by atoms with E-state index < -0.39 is 18.5 Å². The lowest BCUT2D eigenvalue weighted by Crippen LogP contribution is -2.79. The van der Waals surface area contributed by atoms with Crippen molar-refractivity contribution in [2.24, 2.45) is 0 Å². The Morgan fingerprint density at radius 1 is 0.327 bits per heavy atom. The molecule has 0 aromatic heterocycles. The molecule has 0 radical (unpaired) electrons. The number of hydrogen-bond donors (Lipinski definition) is 0. The molecule has 4 nitrogen and oxygen atoms in total. The molecule has 10 heteroatoms. The van der Waals surface area contributed by atoms with E-state index in [1.807, 2.05) is 109 Å². The van der Waals surface area contributed by atoms with Crippen LogP contribution in [0.4, 0.5) is 5.69 Å². The van der Waals surface area contributed by atoms with Gasteiger partial charge in [0.25, 0.3) is 0 Å². The number of rotatable bonds is 6. The zero-order valence-corrected chi connectivity index (χ0v) is 31.9. The third-order valence-electron chi connectivity index (χ3n) is 10.5. The molecule has 4 bridgehead atoms. The highest BCUT2D eigenvalue weighted by atomic mass is 35.5.